The zero-order valence-electron chi connectivity index (χ0n) is 10.7. The van der Waals surface area contributed by atoms with E-state index < -0.39 is 0 Å². The average molecular weight is 226 g/mol. The molecule has 0 aromatic carbocycles. The van der Waals surface area contributed by atoms with Crippen molar-refractivity contribution in [2.24, 2.45) is 5.73 Å². The van der Waals surface area contributed by atoms with Gasteiger partial charge in [0.2, 0.25) is 0 Å². The van der Waals surface area contributed by atoms with Crippen molar-refractivity contribution in [3.8, 4) is 0 Å². The SMILES string of the molecule is CC1(C)CC(NC2CCC(N)CC2)CCO1. The maximum atomic E-state index is 5.93. The van der Waals surface area contributed by atoms with E-state index in [-0.39, 0.29) is 5.60 Å². The molecule has 1 unspecified atom stereocenters. The summed E-state index contributed by atoms with van der Waals surface area (Å²) in [7, 11) is 0. The van der Waals surface area contributed by atoms with Crippen molar-refractivity contribution >= 4 is 0 Å². The molecule has 1 heterocycles. The maximum Gasteiger partial charge on any atom is 0.0641 e. The number of hydrogen-bond acceptors (Lipinski definition) is 3. The van der Waals surface area contributed by atoms with Gasteiger partial charge in [-0.25, -0.2) is 0 Å². The first-order valence-electron chi connectivity index (χ1n) is 6.71. The molecule has 1 atom stereocenters. The first-order valence-corrected chi connectivity index (χ1v) is 6.71. The lowest BCUT2D eigenvalue weighted by Crippen LogP contribution is -2.48. The fourth-order valence-corrected chi connectivity index (χ4v) is 2.99. The van der Waals surface area contributed by atoms with E-state index in [0.29, 0.717) is 18.1 Å². The van der Waals surface area contributed by atoms with Gasteiger partial charge >= 0.3 is 0 Å². The molecule has 0 aromatic heterocycles. The summed E-state index contributed by atoms with van der Waals surface area (Å²) in [5.74, 6) is 0. The third kappa shape index (κ3) is 3.44. The molecule has 2 aliphatic rings. The number of hydrogen-bond donors (Lipinski definition) is 2. The lowest BCUT2D eigenvalue weighted by atomic mass is 9.88. The van der Waals surface area contributed by atoms with Gasteiger partial charge in [0, 0.05) is 24.7 Å². The quantitative estimate of drug-likeness (QED) is 0.755. The highest BCUT2D eigenvalue weighted by molar-refractivity contribution is 4.87. The zero-order chi connectivity index (χ0) is 11.6. The Labute approximate surface area is 99.1 Å². The van der Waals surface area contributed by atoms with E-state index in [9.17, 15) is 0 Å². The van der Waals surface area contributed by atoms with Crippen LogP contribution >= 0.6 is 0 Å². The van der Waals surface area contributed by atoms with Crippen molar-refractivity contribution in [3.63, 3.8) is 0 Å². The molecule has 1 saturated heterocycles. The molecule has 94 valence electrons. The Balaban J connectivity index is 1.76. The molecule has 3 nitrogen and oxygen atoms in total. The fraction of sp³-hybridized carbons (Fsp3) is 1.00. The molecular formula is C13H26N2O. The summed E-state index contributed by atoms with van der Waals surface area (Å²) in [4.78, 5) is 0. The van der Waals surface area contributed by atoms with Gasteiger partial charge in [-0.05, 0) is 52.4 Å². The van der Waals surface area contributed by atoms with Gasteiger partial charge in [-0.3, -0.25) is 0 Å². The van der Waals surface area contributed by atoms with Crippen LogP contribution in [0, 0.1) is 0 Å². The predicted octanol–water partition coefficient (Wildman–Crippen LogP) is 1.80. The summed E-state index contributed by atoms with van der Waals surface area (Å²) in [6, 6.07) is 1.78. The van der Waals surface area contributed by atoms with Crippen LogP contribution < -0.4 is 11.1 Å². The molecule has 16 heavy (non-hydrogen) atoms. The number of rotatable bonds is 2. The van der Waals surface area contributed by atoms with Gasteiger partial charge in [-0.1, -0.05) is 0 Å². The summed E-state index contributed by atoms with van der Waals surface area (Å²) in [5.41, 5.74) is 5.98. The Hall–Kier alpha value is -0.120. The Bertz CT molecular complexity index is 222. The van der Waals surface area contributed by atoms with Crippen molar-refractivity contribution in [2.45, 2.75) is 76.1 Å². The fourth-order valence-electron chi connectivity index (χ4n) is 2.99. The second kappa shape index (κ2) is 5.03. The first-order chi connectivity index (χ1) is 7.55. The highest BCUT2D eigenvalue weighted by Crippen LogP contribution is 2.26. The monoisotopic (exact) mass is 226 g/mol. The van der Waals surface area contributed by atoms with Crippen LogP contribution in [0.25, 0.3) is 0 Å². The first kappa shape index (κ1) is 12.3. The minimum Gasteiger partial charge on any atom is -0.375 e. The molecule has 1 saturated carbocycles. The molecule has 3 heteroatoms. The van der Waals surface area contributed by atoms with Gasteiger partial charge in [-0.2, -0.15) is 0 Å². The molecule has 0 radical (unpaired) electrons. The average Bonchev–Trinajstić information content (AvgIpc) is 2.20. The van der Waals surface area contributed by atoms with Gasteiger partial charge in [0.05, 0.1) is 5.60 Å². The summed E-state index contributed by atoms with van der Waals surface area (Å²) in [5, 5.41) is 3.80. The van der Waals surface area contributed by atoms with Gasteiger partial charge in [0.1, 0.15) is 0 Å². The molecule has 0 spiro atoms. The normalized spacial score (nSPS) is 39.6. The Morgan fingerprint density at radius 3 is 2.38 bits per heavy atom. The smallest absolute Gasteiger partial charge is 0.0641 e. The van der Waals surface area contributed by atoms with Crippen LogP contribution in [-0.4, -0.2) is 30.3 Å². The Kier molecular flexibility index (Phi) is 3.88. The van der Waals surface area contributed by atoms with Crippen LogP contribution in [0.4, 0.5) is 0 Å². The van der Waals surface area contributed by atoms with Crippen LogP contribution in [-0.2, 0) is 4.74 Å². The van der Waals surface area contributed by atoms with Crippen LogP contribution in [0.3, 0.4) is 0 Å². The van der Waals surface area contributed by atoms with Gasteiger partial charge in [0.25, 0.3) is 0 Å². The molecule has 1 aliphatic carbocycles. The minimum atomic E-state index is 0.0565. The van der Waals surface area contributed by atoms with Crippen molar-refractivity contribution in [1.29, 1.82) is 0 Å². The third-order valence-electron chi connectivity index (χ3n) is 3.94. The van der Waals surface area contributed by atoms with Crippen LogP contribution in [0.5, 0.6) is 0 Å². The zero-order valence-corrected chi connectivity index (χ0v) is 10.7. The molecule has 0 amide bonds. The van der Waals surface area contributed by atoms with E-state index >= 15 is 0 Å². The standard InChI is InChI=1S/C13H26N2O/c1-13(2)9-12(7-8-16-13)15-11-5-3-10(14)4-6-11/h10-12,15H,3-9,14H2,1-2H3. The Morgan fingerprint density at radius 2 is 1.75 bits per heavy atom. The summed E-state index contributed by atoms with van der Waals surface area (Å²) in [6.07, 6.45) is 7.16. The maximum absolute atomic E-state index is 5.93. The largest absolute Gasteiger partial charge is 0.375 e. The van der Waals surface area contributed by atoms with Crippen molar-refractivity contribution in [1.82, 2.24) is 5.32 Å². The molecule has 0 aromatic rings. The minimum absolute atomic E-state index is 0.0565. The lowest BCUT2D eigenvalue weighted by molar-refractivity contribution is -0.0646. The number of nitrogens with one attached hydrogen (secondary N) is 1. The van der Waals surface area contributed by atoms with Gasteiger partial charge < -0.3 is 15.8 Å². The predicted molar refractivity (Wildman–Crippen MR) is 66.4 cm³/mol. The van der Waals surface area contributed by atoms with E-state index in [1.165, 1.54) is 25.7 Å². The van der Waals surface area contributed by atoms with Crippen LogP contribution in [0.15, 0.2) is 0 Å². The molecule has 0 bridgehead atoms. The summed E-state index contributed by atoms with van der Waals surface area (Å²) >= 11 is 0. The summed E-state index contributed by atoms with van der Waals surface area (Å²) in [6.45, 7) is 5.28. The molecule has 3 N–H and O–H groups in total. The van der Waals surface area contributed by atoms with E-state index in [4.69, 9.17) is 10.5 Å². The van der Waals surface area contributed by atoms with E-state index in [2.05, 4.69) is 19.2 Å². The van der Waals surface area contributed by atoms with Crippen molar-refractivity contribution in [2.75, 3.05) is 6.61 Å². The van der Waals surface area contributed by atoms with Crippen molar-refractivity contribution in [3.05, 3.63) is 0 Å². The highest BCUT2D eigenvalue weighted by Gasteiger charge is 2.30. The van der Waals surface area contributed by atoms with Crippen LogP contribution in [0.1, 0.15) is 52.4 Å². The molecular weight excluding hydrogens is 200 g/mol. The van der Waals surface area contributed by atoms with E-state index in [1.54, 1.807) is 0 Å². The third-order valence-corrected chi connectivity index (χ3v) is 3.94. The van der Waals surface area contributed by atoms with E-state index in [0.717, 1.165) is 19.4 Å². The van der Waals surface area contributed by atoms with E-state index in [1.807, 2.05) is 0 Å². The highest BCUT2D eigenvalue weighted by atomic mass is 16.5. The Morgan fingerprint density at radius 1 is 1.06 bits per heavy atom. The molecule has 2 rings (SSSR count). The van der Waals surface area contributed by atoms with Gasteiger partial charge in [0.15, 0.2) is 0 Å². The molecule has 2 fully saturated rings. The second-order valence-electron chi connectivity index (χ2n) is 6.08. The number of nitrogens with two attached hydrogens (primary N) is 1. The van der Waals surface area contributed by atoms with Crippen LogP contribution in [0.2, 0.25) is 0 Å². The topological polar surface area (TPSA) is 47.3 Å². The summed E-state index contributed by atoms with van der Waals surface area (Å²) < 4.78 is 5.74. The lowest BCUT2D eigenvalue weighted by Gasteiger charge is -2.39. The van der Waals surface area contributed by atoms with Gasteiger partial charge in [-0.15, -0.1) is 0 Å². The number of ether oxygens (including phenoxy) is 1. The molecule has 1 aliphatic heterocycles. The second-order valence-corrected chi connectivity index (χ2v) is 6.08. The van der Waals surface area contributed by atoms with Crippen molar-refractivity contribution < 1.29 is 4.74 Å².